The lowest BCUT2D eigenvalue weighted by Gasteiger charge is -2.09. The summed E-state index contributed by atoms with van der Waals surface area (Å²) in [5, 5.41) is 4.25. The van der Waals surface area contributed by atoms with Gasteiger partial charge in [0.05, 0.1) is 5.52 Å². The van der Waals surface area contributed by atoms with Crippen molar-refractivity contribution in [3.05, 3.63) is 94.7 Å². The SMILES string of the molecule is CNCc1cn(S(=O)(=O)c2cccnc2)c2cc(Cc3ccc(F)cc3Cl)ccc12. The van der Waals surface area contributed by atoms with Gasteiger partial charge in [-0.25, -0.2) is 16.8 Å². The predicted octanol–water partition coefficient (Wildman–Crippen LogP) is 4.38. The van der Waals surface area contributed by atoms with Gasteiger partial charge in [0.1, 0.15) is 10.7 Å². The van der Waals surface area contributed by atoms with E-state index in [1.54, 1.807) is 18.3 Å². The molecule has 0 unspecified atom stereocenters. The van der Waals surface area contributed by atoms with Gasteiger partial charge in [-0.1, -0.05) is 29.8 Å². The average Bonchev–Trinajstić information content (AvgIpc) is 3.10. The molecule has 0 amide bonds. The Morgan fingerprint density at radius 2 is 1.97 bits per heavy atom. The lowest BCUT2D eigenvalue weighted by atomic mass is 10.0. The van der Waals surface area contributed by atoms with Gasteiger partial charge in [-0.3, -0.25) is 4.98 Å². The number of nitrogens with zero attached hydrogens (tertiary/aromatic N) is 2. The fourth-order valence-corrected chi connectivity index (χ4v) is 5.03. The number of pyridine rings is 1. The molecule has 0 atom stereocenters. The Balaban J connectivity index is 1.85. The first kappa shape index (κ1) is 20.5. The minimum absolute atomic E-state index is 0.116. The number of rotatable bonds is 6. The van der Waals surface area contributed by atoms with Gasteiger partial charge in [-0.05, 0) is 60.5 Å². The number of hydrogen-bond donors (Lipinski definition) is 1. The van der Waals surface area contributed by atoms with Crippen molar-refractivity contribution < 1.29 is 12.8 Å². The molecule has 2 heterocycles. The zero-order valence-electron chi connectivity index (χ0n) is 16.1. The Hall–Kier alpha value is -2.74. The maximum atomic E-state index is 13.3. The van der Waals surface area contributed by atoms with Gasteiger partial charge in [0, 0.05) is 35.5 Å². The van der Waals surface area contributed by atoms with Crippen LogP contribution in [-0.2, 0) is 23.0 Å². The fraction of sp³-hybridized carbons (Fsp3) is 0.136. The highest BCUT2D eigenvalue weighted by atomic mass is 35.5. The van der Waals surface area contributed by atoms with Crippen molar-refractivity contribution in [2.75, 3.05) is 7.05 Å². The molecule has 2 aromatic heterocycles. The maximum absolute atomic E-state index is 13.3. The van der Waals surface area contributed by atoms with Crippen LogP contribution in [0, 0.1) is 5.82 Å². The summed E-state index contributed by atoms with van der Waals surface area (Å²) in [6, 6.07) is 13.1. The topological polar surface area (TPSA) is 64.0 Å². The second kappa shape index (κ2) is 8.18. The molecular weight excluding hydrogens is 425 g/mol. The zero-order chi connectivity index (χ0) is 21.3. The van der Waals surface area contributed by atoms with Gasteiger partial charge in [-0.15, -0.1) is 0 Å². The largest absolute Gasteiger partial charge is 0.316 e. The normalized spacial score (nSPS) is 11.8. The number of halogens is 2. The second-order valence-electron chi connectivity index (χ2n) is 6.94. The van der Waals surface area contributed by atoms with Crippen LogP contribution >= 0.6 is 11.6 Å². The summed E-state index contributed by atoms with van der Waals surface area (Å²) >= 11 is 6.17. The quantitative estimate of drug-likeness (QED) is 0.480. The van der Waals surface area contributed by atoms with Gasteiger partial charge < -0.3 is 5.32 Å². The number of fused-ring (bicyclic) bond motifs is 1. The Morgan fingerprint density at radius 1 is 1.13 bits per heavy atom. The molecule has 8 heteroatoms. The number of hydrogen-bond acceptors (Lipinski definition) is 4. The fourth-order valence-electron chi connectivity index (χ4n) is 3.45. The molecule has 1 N–H and O–H groups in total. The Morgan fingerprint density at radius 3 is 2.67 bits per heavy atom. The molecule has 4 aromatic rings. The third-order valence-electron chi connectivity index (χ3n) is 4.89. The van der Waals surface area contributed by atoms with E-state index in [1.165, 1.54) is 34.6 Å². The predicted molar refractivity (Wildman–Crippen MR) is 116 cm³/mol. The van der Waals surface area contributed by atoms with Gasteiger partial charge in [0.2, 0.25) is 0 Å². The van der Waals surface area contributed by atoms with Gasteiger partial charge in [0.25, 0.3) is 10.0 Å². The molecular formula is C22H19ClFN3O2S. The van der Waals surface area contributed by atoms with Gasteiger partial charge in [-0.2, -0.15) is 0 Å². The highest BCUT2D eigenvalue weighted by molar-refractivity contribution is 7.90. The highest BCUT2D eigenvalue weighted by Crippen LogP contribution is 2.29. The summed E-state index contributed by atoms with van der Waals surface area (Å²) < 4.78 is 41.2. The van der Waals surface area contributed by atoms with Crippen LogP contribution in [0.3, 0.4) is 0 Å². The van der Waals surface area contributed by atoms with E-state index in [-0.39, 0.29) is 4.90 Å². The Kier molecular flexibility index (Phi) is 5.60. The first-order valence-corrected chi connectivity index (χ1v) is 11.1. The average molecular weight is 444 g/mol. The minimum Gasteiger partial charge on any atom is -0.316 e. The van der Waals surface area contributed by atoms with Gasteiger partial charge >= 0.3 is 0 Å². The highest BCUT2D eigenvalue weighted by Gasteiger charge is 2.21. The van der Waals surface area contributed by atoms with Crippen LogP contribution in [-0.4, -0.2) is 24.4 Å². The summed E-state index contributed by atoms with van der Waals surface area (Å²) in [7, 11) is -2.01. The zero-order valence-corrected chi connectivity index (χ0v) is 17.7. The van der Waals surface area contributed by atoms with Crippen LogP contribution in [0.5, 0.6) is 0 Å². The monoisotopic (exact) mass is 443 g/mol. The van der Waals surface area contributed by atoms with E-state index in [2.05, 4.69) is 10.3 Å². The van der Waals surface area contributed by atoms with Crippen LogP contribution in [0.25, 0.3) is 10.9 Å². The van der Waals surface area contributed by atoms with E-state index in [9.17, 15) is 12.8 Å². The van der Waals surface area contributed by atoms with Crippen molar-refractivity contribution >= 4 is 32.5 Å². The summed E-state index contributed by atoms with van der Waals surface area (Å²) in [5.74, 6) is -0.396. The molecule has 0 fully saturated rings. The summed E-state index contributed by atoms with van der Waals surface area (Å²) in [4.78, 5) is 4.06. The summed E-state index contributed by atoms with van der Waals surface area (Å²) in [6.07, 6.45) is 4.96. The van der Waals surface area contributed by atoms with Crippen molar-refractivity contribution in [1.29, 1.82) is 0 Å². The standard InChI is InChI=1S/C22H19ClFN3O2S/c1-25-12-17-14-27(30(28,29)19-3-2-8-26-13-19)22-10-15(4-7-20(17)22)9-16-5-6-18(24)11-21(16)23/h2-8,10-11,13-14,25H,9,12H2,1H3. The third kappa shape index (κ3) is 3.84. The molecule has 154 valence electrons. The van der Waals surface area contributed by atoms with Crippen LogP contribution < -0.4 is 5.32 Å². The smallest absolute Gasteiger partial charge is 0.269 e. The van der Waals surface area contributed by atoms with Crippen LogP contribution in [0.15, 0.2) is 72.0 Å². The molecule has 0 radical (unpaired) electrons. The molecule has 0 saturated carbocycles. The van der Waals surface area contributed by atoms with E-state index < -0.39 is 15.8 Å². The van der Waals surface area contributed by atoms with Crippen LogP contribution in [0.2, 0.25) is 5.02 Å². The molecule has 0 bridgehead atoms. The summed E-state index contributed by atoms with van der Waals surface area (Å²) in [5.41, 5.74) is 3.07. The molecule has 2 aromatic carbocycles. The maximum Gasteiger partial charge on any atom is 0.269 e. The molecule has 0 saturated heterocycles. The molecule has 4 rings (SSSR count). The first-order valence-electron chi connectivity index (χ1n) is 9.27. The molecule has 0 spiro atoms. The third-order valence-corrected chi connectivity index (χ3v) is 6.90. The number of benzene rings is 2. The van der Waals surface area contributed by atoms with Crippen molar-refractivity contribution in [1.82, 2.24) is 14.3 Å². The minimum atomic E-state index is -3.82. The molecule has 0 aliphatic rings. The van der Waals surface area contributed by atoms with Crippen molar-refractivity contribution in [2.45, 2.75) is 17.9 Å². The van der Waals surface area contributed by atoms with E-state index in [4.69, 9.17) is 11.6 Å². The van der Waals surface area contributed by atoms with Crippen molar-refractivity contribution in [3.63, 3.8) is 0 Å². The number of nitrogens with one attached hydrogen (secondary N) is 1. The van der Waals surface area contributed by atoms with Gasteiger partial charge in [0.15, 0.2) is 0 Å². The summed E-state index contributed by atoms with van der Waals surface area (Å²) in [6.45, 7) is 0.523. The molecule has 5 nitrogen and oxygen atoms in total. The Bertz CT molecular complexity index is 1320. The van der Waals surface area contributed by atoms with Crippen LogP contribution in [0.1, 0.15) is 16.7 Å². The van der Waals surface area contributed by atoms with Crippen molar-refractivity contribution in [3.8, 4) is 0 Å². The lowest BCUT2D eigenvalue weighted by molar-refractivity contribution is 0.588. The Labute approximate surface area is 179 Å². The molecule has 0 aliphatic heterocycles. The van der Waals surface area contributed by atoms with E-state index in [1.807, 2.05) is 25.2 Å². The van der Waals surface area contributed by atoms with E-state index in [0.29, 0.717) is 23.5 Å². The lowest BCUT2D eigenvalue weighted by Crippen LogP contribution is -2.12. The molecule has 30 heavy (non-hydrogen) atoms. The van der Waals surface area contributed by atoms with E-state index in [0.717, 1.165) is 22.1 Å². The van der Waals surface area contributed by atoms with Crippen molar-refractivity contribution in [2.24, 2.45) is 0 Å². The van der Waals surface area contributed by atoms with Crippen LogP contribution in [0.4, 0.5) is 4.39 Å². The first-order chi connectivity index (χ1) is 14.4. The van der Waals surface area contributed by atoms with E-state index >= 15 is 0 Å². The molecule has 0 aliphatic carbocycles. The second-order valence-corrected chi connectivity index (χ2v) is 9.16. The number of aromatic nitrogens is 2.